The van der Waals surface area contributed by atoms with Crippen LogP contribution in [0.3, 0.4) is 0 Å². The molecule has 8 heteroatoms. The average molecular weight is 432 g/mol. The zero-order valence-electron chi connectivity index (χ0n) is 13.3. The Morgan fingerprint density at radius 1 is 1.33 bits per heavy atom. The molecule has 0 fully saturated rings. The van der Waals surface area contributed by atoms with Crippen LogP contribution in [0.5, 0.6) is 0 Å². The standard InChI is InChI=1S/C16H16BrClN2O3S/c1-9(14-6-10(17)8-24-14)23-15(21)12-7-11(4-5-13(12)18)19-16(22)20(2)3/h4-9H,1-3H3,(H,19,22)/t9-/m0/s1. The minimum Gasteiger partial charge on any atom is -0.453 e. The van der Waals surface area contributed by atoms with Crippen LogP contribution in [0.4, 0.5) is 10.5 Å². The number of rotatable bonds is 4. The van der Waals surface area contributed by atoms with E-state index in [-0.39, 0.29) is 16.6 Å². The van der Waals surface area contributed by atoms with Crippen molar-refractivity contribution in [3.8, 4) is 0 Å². The van der Waals surface area contributed by atoms with Gasteiger partial charge in [0.05, 0.1) is 10.6 Å². The molecule has 2 aromatic rings. The molecule has 1 N–H and O–H groups in total. The molecule has 1 heterocycles. The molecule has 5 nitrogen and oxygen atoms in total. The lowest BCUT2D eigenvalue weighted by Gasteiger charge is -2.15. The summed E-state index contributed by atoms with van der Waals surface area (Å²) in [6.45, 7) is 1.79. The highest BCUT2D eigenvalue weighted by molar-refractivity contribution is 9.10. The fourth-order valence-corrected chi connectivity index (χ4v) is 3.44. The van der Waals surface area contributed by atoms with E-state index in [1.807, 2.05) is 11.4 Å². The number of halogens is 2. The molecule has 0 bridgehead atoms. The molecular formula is C16H16BrClN2O3S. The molecule has 128 valence electrons. The summed E-state index contributed by atoms with van der Waals surface area (Å²) in [4.78, 5) is 26.4. The van der Waals surface area contributed by atoms with Gasteiger partial charge in [-0.1, -0.05) is 11.6 Å². The molecule has 24 heavy (non-hydrogen) atoms. The molecule has 1 atom stereocenters. The van der Waals surface area contributed by atoms with E-state index in [9.17, 15) is 9.59 Å². The Balaban J connectivity index is 2.14. The Morgan fingerprint density at radius 2 is 2.04 bits per heavy atom. The van der Waals surface area contributed by atoms with Crippen molar-refractivity contribution in [2.45, 2.75) is 13.0 Å². The highest BCUT2D eigenvalue weighted by atomic mass is 79.9. The summed E-state index contributed by atoms with van der Waals surface area (Å²) in [6, 6.07) is 6.28. The smallest absolute Gasteiger partial charge is 0.340 e. The number of amides is 2. The second-order valence-electron chi connectivity index (χ2n) is 5.23. The summed E-state index contributed by atoms with van der Waals surface area (Å²) in [7, 11) is 3.25. The summed E-state index contributed by atoms with van der Waals surface area (Å²) in [5.41, 5.74) is 0.673. The fourth-order valence-electron chi connectivity index (χ4n) is 1.82. The van der Waals surface area contributed by atoms with E-state index in [1.165, 1.54) is 22.3 Å². The van der Waals surface area contributed by atoms with Crippen molar-refractivity contribution in [2.24, 2.45) is 0 Å². The number of ether oxygens (including phenoxy) is 1. The van der Waals surface area contributed by atoms with Crippen LogP contribution in [-0.2, 0) is 4.74 Å². The highest BCUT2D eigenvalue weighted by Gasteiger charge is 2.18. The number of carbonyl (C=O) groups excluding carboxylic acids is 2. The van der Waals surface area contributed by atoms with Gasteiger partial charge in [-0.3, -0.25) is 0 Å². The maximum absolute atomic E-state index is 12.4. The van der Waals surface area contributed by atoms with E-state index >= 15 is 0 Å². The Morgan fingerprint density at radius 3 is 2.62 bits per heavy atom. The third-order valence-corrected chi connectivity index (χ3v) is 5.30. The van der Waals surface area contributed by atoms with E-state index in [4.69, 9.17) is 16.3 Å². The molecule has 0 saturated heterocycles. The van der Waals surface area contributed by atoms with Crippen molar-refractivity contribution >= 4 is 56.6 Å². The molecule has 0 spiro atoms. The number of carbonyl (C=O) groups is 2. The van der Waals surface area contributed by atoms with Gasteiger partial charge in [0.15, 0.2) is 0 Å². The zero-order chi connectivity index (χ0) is 17.9. The Hall–Kier alpha value is -1.57. The van der Waals surface area contributed by atoms with Crippen molar-refractivity contribution in [1.29, 1.82) is 0 Å². The maximum atomic E-state index is 12.4. The van der Waals surface area contributed by atoms with E-state index in [0.29, 0.717) is 5.69 Å². The minimum atomic E-state index is -0.544. The number of anilines is 1. The predicted octanol–water partition coefficient (Wildman–Crippen LogP) is 5.18. The zero-order valence-corrected chi connectivity index (χ0v) is 16.5. The molecule has 1 aromatic carbocycles. The third kappa shape index (κ3) is 4.72. The van der Waals surface area contributed by atoms with Crippen molar-refractivity contribution in [3.63, 3.8) is 0 Å². The number of esters is 1. The second kappa shape index (κ2) is 8.00. The number of nitrogens with one attached hydrogen (secondary N) is 1. The van der Waals surface area contributed by atoms with E-state index in [1.54, 1.807) is 33.2 Å². The van der Waals surface area contributed by atoms with Crippen LogP contribution < -0.4 is 5.32 Å². The van der Waals surface area contributed by atoms with Gasteiger partial charge in [-0.2, -0.15) is 0 Å². The van der Waals surface area contributed by atoms with Gasteiger partial charge in [0.1, 0.15) is 6.10 Å². The Bertz CT molecular complexity index is 764. The molecule has 0 aliphatic rings. The number of hydrogen-bond donors (Lipinski definition) is 1. The molecule has 1 aromatic heterocycles. The first-order valence-corrected chi connectivity index (χ1v) is 9.05. The van der Waals surface area contributed by atoms with Crippen LogP contribution in [0, 0.1) is 0 Å². The minimum absolute atomic E-state index is 0.204. The van der Waals surface area contributed by atoms with Gasteiger partial charge < -0.3 is 15.0 Å². The van der Waals surface area contributed by atoms with Gasteiger partial charge in [-0.15, -0.1) is 11.3 Å². The molecule has 0 radical (unpaired) electrons. The first kappa shape index (κ1) is 18.8. The first-order chi connectivity index (χ1) is 11.3. The van der Waals surface area contributed by atoms with Crippen LogP contribution >= 0.6 is 38.9 Å². The van der Waals surface area contributed by atoms with Gasteiger partial charge in [-0.05, 0) is 47.1 Å². The van der Waals surface area contributed by atoms with Crippen LogP contribution in [0.1, 0.15) is 28.3 Å². The van der Waals surface area contributed by atoms with E-state index < -0.39 is 12.1 Å². The Labute approximate surface area is 157 Å². The molecule has 2 rings (SSSR count). The first-order valence-electron chi connectivity index (χ1n) is 7.00. The molecule has 0 aliphatic heterocycles. The Kier molecular flexibility index (Phi) is 6.26. The van der Waals surface area contributed by atoms with E-state index in [0.717, 1.165) is 9.35 Å². The summed E-state index contributed by atoms with van der Waals surface area (Å²) >= 11 is 11.0. The van der Waals surface area contributed by atoms with Crippen molar-refractivity contribution in [1.82, 2.24) is 4.90 Å². The number of urea groups is 1. The lowest BCUT2D eigenvalue weighted by Crippen LogP contribution is -2.27. The number of benzene rings is 1. The van der Waals surface area contributed by atoms with E-state index in [2.05, 4.69) is 21.2 Å². The summed E-state index contributed by atoms with van der Waals surface area (Å²) in [5.74, 6) is -0.544. The summed E-state index contributed by atoms with van der Waals surface area (Å²) < 4.78 is 6.41. The quantitative estimate of drug-likeness (QED) is 0.679. The topological polar surface area (TPSA) is 58.6 Å². The van der Waals surface area contributed by atoms with Crippen molar-refractivity contribution < 1.29 is 14.3 Å². The number of hydrogen-bond acceptors (Lipinski definition) is 4. The average Bonchev–Trinajstić information content (AvgIpc) is 2.95. The lowest BCUT2D eigenvalue weighted by atomic mass is 10.2. The SMILES string of the molecule is C[C@H](OC(=O)c1cc(NC(=O)N(C)C)ccc1Cl)c1cc(Br)cs1. The third-order valence-electron chi connectivity index (χ3n) is 3.12. The lowest BCUT2D eigenvalue weighted by molar-refractivity contribution is 0.0345. The molecule has 0 unspecified atom stereocenters. The summed E-state index contributed by atoms with van der Waals surface area (Å²) in [6.07, 6.45) is -0.398. The predicted molar refractivity (Wildman–Crippen MR) is 100 cm³/mol. The molecule has 0 saturated carbocycles. The van der Waals surface area contributed by atoms with Crippen molar-refractivity contribution in [3.05, 3.63) is 49.6 Å². The van der Waals surface area contributed by atoms with Crippen LogP contribution in [0.25, 0.3) is 0 Å². The largest absolute Gasteiger partial charge is 0.453 e. The van der Waals surface area contributed by atoms with Gasteiger partial charge >= 0.3 is 12.0 Å². The maximum Gasteiger partial charge on any atom is 0.340 e. The molecule has 2 amide bonds. The van der Waals surface area contributed by atoms with Gasteiger partial charge in [-0.25, -0.2) is 9.59 Å². The number of nitrogens with zero attached hydrogens (tertiary/aromatic N) is 1. The monoisotopic (exact) mass is 430 g/mol. The molecule has 0 aliphatic carbocycles. The second-order valence-corrected chi connectivity index (χ2v) is 7.50. The van der Waals surface area contributed by atoms with Crippen LogP contribution in [0.15, 0.2) is 34.1 Å². The van der Waals surface area contributed by atoms with Gasteiger partial charge in [0, 0.05) is 34.5 Å². The summed E-state index contributed by atoms with van der Waals surface area (Å²) in [5, 5.41) is 4.86. The van der Waals surface area contributed by atoms with Gasteiger partial charge in [0.2, 0.25) is 0 Å². The van der Waals surface area contributed by atoms with Crippen LogP contribution in [0.2, 0.25) is 5.02 Å². The van der Waals surface area contributed by atoms with Crippen molar-refractivity contribution in [2.75, 3.05) is 19.4 Å². The fraction of sp³-hybridized carbons (Fsp3) is 0.250. The molecular weight excluding hydrogens is 416 g/mol. The highest BCUT2D eigenvalue weighted by Crippen LogP contribution is 2.29. The normalized spacial score (nSPS) is 11.7. The number of thiophene rings is 1. The van der Waals surface area contributed by atoms with Gasteiger partial charge in [0.25, 0.3) is 0 Å². The van der Waals surface area contributed by atoms with Crippen LogP contribution in [-0.4, -0.2) is 31.0 Å².